The fourth-order valence-corrected chi connectivity index (χ4v) is 4.38. The van der Waals surface area contributed by atoms with Gasteiger partial charge in [-0.1, -0.05) is 6.07 Å². The Balaban J connectivity index is 1.45. The third-order valence-corrected chi connectivity index (χ3v) is 6.03. The van der Waals surface area contributed by atoms with E-state index in [1.807, 2.05) is 56.8 Å². The van der Waals surface area contributed by atoms with Crippen LogP contribution in [0.3, 0.4) is 0 Å². The smallest absolute Gasteiger partial charge is 0.433 e. The van der Waals surface area contributed by atoms with Gasteiger partial charge < -0.3 is 10.1 Å². The lowest BCUT2D eigenvalue weighted by Crippen LogP contribution is -2.31. The van der Waals surface area contributed by atoms with Crippen LogP contribution in [0, 0.1) is 12.8 Å². The molecule has 0 saturated heterocycles. The number of aryl methyl sites for hydroxylation is 1. The van der Waals surface area contributed by atoms with Gasteiger partial charge in [0.2, 0.25) is 5.95 Å². The highest BCUT2D eigenvalue weighted by Crippen LogP contribution is 2.35. The van der Waals surface area contributed by atoms with Gasteiger partial charge >= 0.3 is 12.1 Å². The van der Waals surface area contributed by atoms with Gasteiger partial charge in [0.05, 0.1) is 18.2 Å². The van der Waals surface area contributed by atoms with Crippen molar-refractivity contribution in [3.05, 3.63) is 54.1 Å². The Hall–Kier alpha value is -3.43. The second kappa shape index (κ2) is 9.91. The number of hydrogen-bond acceptors (Lipinski definition) is 6. The molecule has 1 aliphatic rings. The quantitative estimate of drug-likeness (QED) is 0.403. The lowest BCUT2D eigenvalue weighted by molar-refractivity contribution is -0.161. The lowest BCUT2D eigenvalue weighted by Gasteiger charge is -2.29. The van der Waals surface area contributed by atoms with Gasteiger partial charge in [0.15, 0.2) is 0 Å². The van der Waals surface area contributed by atoms with Crippen molar-refractivity contribution in [3.63, 3.8) is 0 Å². The van der Waals surface area contributed by atoms with Gasteiger partial charge in [-0.05, 0) is 82.7 Å². The summed E-state index contributed by atoms with van der Waals surface area (Å²) in [5.74, 6) is -0.343. The molecule has 2 aromatic heterocycles. The predicted octanol–water partition coefficient (Wildman–Crippen LogP) is 6.48. The van der Waals surface area contributed by atoms with Gasteiger partial charge in [-0.3, -0.25) is 9.48 Å². The fraction of sp³-hybridized carbons (Fsp3) is 0.462. The monoisotopic (exact) mass is 501 g/mol. The number of esters is 1. The molecule has 0 unspecified atom stereocenters. The van der Waals surface area contributed by atoms with E-state index in [0.29, 0.717) is 5.69 Å². The van der Waals surface area contributed by atoms with E-state index in [4.69, 9.17) is 4.74 Å². The first-order chi connectivity index (χ1) is 16.9. The SMILES string of the molecule is Cc1cc(Nc2nccc(C(F)(F)F)n2)cc(-c2cnn(C3CCC(C(=O)OC(C)(C)C)CC3)c2)c1. The van der Waals surface area contributed by atoms with Crippen LogP contribution in [-0.2, 0) is 15.7 Å². The van der Waals surface area contributed by atoms with Gasteiger partial charge in [0.1, 0.15) is 11.3 Å². The zero-order chi connectivity index (χ0) is 26.1. The Morgan fingerprint density at radius 1 is 1.08 bits per heavy atom. The molecule has 10 heteroatoms. The highest BCUT2D eigenvalue weighted by Gasteiger charge is 2.33. The van der Waals surface area contributed by atoms with E-state index < -0.39 is 17.5 Å². The Morgan fingerprint density at radius 3 is 2.47 bits per heavy atom. The van der Waals surface area contributed by atoms with Crippen molar-refractivity contribution < 1.29 is 22.7 Å². The number of halogens is 3. The van der Waals surface area contributed by atoms with Gasteiger partial charge in [-0.25, -0.2) is 9.97 Å². The molecule has 0 spiro atoms. The van der Waals surface area contributed by atoms with E-state index in [0.717, 1.165) is 54.6 Å². The summed E-state index contributed by atoms with van der Waals surface area (Å²) in [4.78, 5) is 19.9. The second-order valence-corrected chi connectivity index (χ2v) is 10.2. The molecule has 0 bridgehead atoms. The Kier molecular flexibility index (Phi) is 7.06. The van der Waals surface area contributed by atoms with Gasteiger partial charge in [-0.15, -0.1) is 0 Å². The molecule has 36 heavy (non-hydrogen) atoms. The number of carbonyl (C=O) groups is 1. The van der Waals surface area contributed by atoms with Crippen molar-refractivity contribution in [2.45, 2.75) is 71.2 Å². The van der Waals surface area contributed by atoms with Crippen molar-refractivity contribution >= 4 is 17.6 Å². The minimum atomic E-state index is -4.54. The van der Waals surface area contributed by atoms with Crippen molar-refractivity contribution in [2.24, 2.45) is 5.92 Å². The molecule has 3 aromatic rings. The highest BCUT2D eigenvalue weighted by molar-refractivity contribution is 5.73. The van der Waals surface area contributed by atoms with Crippen LogP contribution in [0.25, 0.3) is 11.1 Å². The molecule has 2 heterocycles. The topological polar surface area (TPSA) is 81.9 Å². The molecule has 0 amide bonds. The summed E-state index contributed by atoms with van der Waals surface area (Å²) in [6.07, 6.45) is 3.46. The number of alkyl halides is 3. The van der Waals surface area contributed by atoms with E-state index in [1.165, 1.54) is 0 Å². The zero-order valence-electron chi connectivity index (χ0n) is 20.8. The number of benzene rings is 1. The van der Waals surface area contributed by atoms with Crippen LogP contribution < -0.4 is 5.32 Å². The zero-order valence-corrected chi connectivity index (χ0v) is 20.8. The van der Waals surface area contributed by atoms with Crippen molar-refractivity contribution in [1.82, 2.24) is 19.7 Å². The van der Waals surface area contributed by atoms with Crippen LogP contribution in [-0.4, -0.2) is 31.3 Å². The molecule has 1 aliphatic carbocycles. The standard InChI is InChI=1S/C26H30F3N5O2/c1-16-11-18(13-20(12-16)32-24-30-10-9-22(33-24)26(27,28)29)19-14-31-34(15-19)21-7-5-17(6-8-21)23(35)36-25(2,3)4/h9-15,17,21H,5-8H2,1-4H3,(H,30,32,33). The molecule has 1 fully saturated rings. The Bertz CT molecular complexity index is 1220. The molecule has 1 saturated carbocycles. The highest BCUT2D eigenvalue weighted by atomic mass is 19.4. The Labute approximate surface area is 208 Å². The van der Waals surface area contributed by atoms with Gasteiger partial charge in [0.25, 0.3) is 0 Å². The molecular weight excluding hydrogens is 471 g/mol. The third-order valence-electron chi connectivity index (χ3n) is 6.03. The first kappa shape index (κ1) is 25.7. The molecule has 0 atom stereocenters. The number of ether oxygens (including phenoxy) is 1. The van der Waals surface area contributed by atoms with Crippen molar-refractivity contribution in [3.8, 4) is 11.1 Å². The summed E-state index contributed by atoms with van der Waals surface area (Å²) < 4.78 is 46.4. The average molecular weight is 502 g/mol. The van der Waals surface area contributed by atoms with Crippen LogP contribution in [0.5, 0.6) is 0 Å². The number of nitrogens with one attached hydrogen (secondary N) is 1. The first-order valence-electron chi connectivity index (χ1n) is 11.9. The Morgan fingerprint density at radius 2 is 1.81 bits per heavy atom. The van der Waals surface area contributed by atoms with Crippen molar-refractivity contribution in [1.29, 1.82) is 0 Å². The summed E-state index contributed by atoms with van der Waals surface area (Å²) in [6, 6.07) is 6.66. The van der Waals surface area contributed by atoms with E-state index in [2.05, 4.69) is 20.4 Å². The van der Waals surface area contributed by atoms with Crippen LogP contribution in [0.15, 0.2) is 42.9 Å². The molecule has 1 aromatic carbocycles. The third kappa shape index (κ3) is 6.41. The molecule has 1 N–H and O–H groups in total. The van der Waals surface area contributed by atoms with E-state index in [1.54, 1.807) is 6.20 Å². The molecule has 7 nitrogen and oxygen atoms in total. The molecule has 0 aliphatic heterocycles. The predicted molar refractivity (Wildman–Crippen MR) is 130 cm³/mol. The minimum absolute atomic E-state index is 0.0843. The number of anilines is 2. The normalized spacial score (nSPS) is 18.6. The van der Waals surface area contributed by atoms with Gasteiger partial charge in [0, 0.05) is 23.6 Å². The molecule has 192 valence electrons. The average Bonchev–Trinajstić information content (AvgIpc) is 3.28. The number of aromatic nitrogens is 4. The molecule has 4 rings (SSSR count). The number of nitrogens with zero attached hydrogens (tertiary/aromatic N) is 4. The van der Waals surface area contributed by atoms with E-state index in [9.17, 15) is 18.0 Å². The summed E-state index contributed by atoms with van der Waals surface area (Å²) >= 11 is 0. The minimum Gasteiger partial charge on any atom is -0.460 e. The lowest BCUT2D eigenvalue weighted by atomic mass is 9.86. The van der Waals surface area contributed by atoms with Crippen molar-refractivity contribution in [2.75, 3.05) is 5.32 Å². The fourth-order valence-electron chi connectivity index (χ4n) is 4.38. The first-order valence-corrected chi connectivity index (χ1v) is 11.9. The van der Waals surface area contributed by atoms with E-state index in [-0.39, 0.29) is 23.9 Å². The van der Waals surface area contributed by atoms with Crippen LogP contribution >= 0.6 is 0 Å². The maximum atomic E-state index is 13.0. The summed E-state index contributed by atoms with van der Waals surface area (Å²) in [6.45, 7) is 7.53. The summed E-state index contributed by atoms with van der Waals surface area (Å²) in [5, 5.41) is 7.43. The number of rotatable bonds is 5. The molecular formula is C26H30F3N5O2. The van der Waals surface area contributed by atoms with E-state index >= 15 is 0 Å². The van der Waals surface area contributed by atoms with Crippen LogP contribution in [0.2, 0.25) is 0 Å². The summed E-state index contributed by atoms with van der Waals surface area (Å²) in [5.41, 5.74) is 1.77. The van der Waals surface area contributed by atoms with Crippen LogP contribution in [0.4, 0.5) is 24.8 Å². The summed E-state index contributed by atoms with van der Waals surface area (Å²) in [7, 11) is 0. The van der Waals surface area contributed by atoms with Gasteiger partial charge in [-0.2, -0.15) is 18.3 Å². The molecule has 0 radical (unpaired) electrons. The largest absolute Gasteiger partial charge is 0.460 e. The number of carbonyl (C=O) groups excluding carboxylic acids is 1. The maximum absolute atomic E-state index is 13.0. The van der Waals surface area contributed by atoms with Crippen LogP contribution in [0.1, 0.15) is 63.8 Å². The maximum Gasteiger partial charge on any atom is 0.433 e. The number of hydrogen-bond donors (Lipinski definition) is 1. The second-order valence-electron chi connectivity index (χ2n) is 10.2.